The average Bonchev–Trinajstić information content (AvgIpc) is 2.70. The zero-order chi connectivity index (χ0) is 20.3. The highest BCUT2D eigenvalue weighted by atomic mass is 16.2. The molecule has 6 heteroatoms. The average molecular weight is 378 g/mol. The van der Waals surface area contributed by atoms with Gasteiger partial charge >= 0.3 is 0 Å². The van der Waals surface area contributed by atoms with Gasteiger partial charge in [0.05, 0.1) is 11.4 Å². The molecule has 2 aromatic carbocycles. The largest absolute Gasteiger partial charge is 0.372 e. The summed E-state index contributed by atoms with van der Waals surface area (Å²) in [5.41, 5.74) is 1.86. The number of carbonyl (C=O) groups is 1. The summed E-state index contributed by atoms with van der Waals surface area (Å²) in [6.45, 7) is 9.82. The fraction of sp³-hybridized carbons (Fsp3) is 0.318. The number of nitrogens with zero attached hydrogens (tertiary/aromatic N) is 3. The van der Waals surface area contributed by atoms with Gasteiger partial charge in [-0.05, 0) is 58.0 Å². The molecule has 0 aliphatic rings. The van der Waals surface area contributed by atoms with Crippen molar-refractivity contribution in [3.8, 4) is 0 Å². The second-order valence-electron chi connectivity index (χ2n) is 6.91. The van der Waals surface area contributed by atoms with Crippen LogP contribution in [0.3, 0.4) is 0 Å². The molecule has 0 aliphatic heterocycles. The van der Waals surface area contributed by atoms with Crippen molar-refractivity contribution in [1.29, 1.82) is 0 Å². The first-order valence-corrected chi connectivity index (χ1v) is 9.64. The van der Waals surface area contributed by atoms with E-state index in [9.17, 15) is 9.59 Å². The van der Waals surface area contributed by atoms with Gasteiger partial charge in [-0.15, -0.1) is 0 Å². The number of benzene rings is 2. The first-order chi connectivity index (χ1) is 13.5. The maximum absolute atomic E-state index is 12.9. The van der Waals surface area contributed by atoms with Gasteiger partial charge in [0.1, 0.15) is 0 Å². The minimum Gasteiger partial charge on any atom is -0.372 e. The van der Waals surface area contributed by atoms with Gasteiger partial charge in [-0.3, -0.25) is 9.59 Å². The van der Waals surface area contributed by atoms with Crippen molar-refractivity contribution in [2.24, 2.45) is 0 Å². The third kappa shape index (κ3) is 3.76. The number of aromatic nitrogens is 2. The van der Waals surface area contributed by atoms with E-state index in [1.807, 2.05) is 38.1 Å². The van der Waals surface area contributed by atoms with E-state index < -0.39 is 0 Å². The third-order valence-corrected chi connectivity index (χ3v) is 4.79. The Bertz CT molecular complexity index is 1030. The summed E-state index contributed by atoms with van der Waals surface area (Å²) in [7, 11) is 0. The van der Waals surface area contributed by atoms with E-state index in [1.165, 1.54) is 4.68 Å². The van der Waals surface area contributed by atoms with Crippen molar-refractivity contribution in [3.63, 3.8) is 0 Å². The van der Waals surface area contributed by atoms with Gasteiger partial charge in [0.25, 0.3) is 11.5 Å². The van der Waals surface area contributed by atoms with Gasteiger partial charge in [-0.1, -0.05) is 18.2 Å². The van der Waals surface area contributed by atoms with Crippen LogP contribution in [-0.2, 0) is 0 Å². The Kier molecular flexibility index (Phi) is 5.78. The monoisotopic (exact) mass is 378 g/mol. The molecule has 0 unspecified atom stereocenters. The number of amides is 1. The van der Waals surface area contributed by atoms with Crippen molar-refractivity contribution in [1.82, 2.24) is 9.78 Å². The number of nitrogens with one attached hydrogen (secondary N) is 1. The summed E-state index contributed by atoms with van der Waals surface area (Å²) in [5, 5.41) is 8.31. The van der Waals surface area contributed by atoms with Crippen LogP contribution in [0.1, 0.15) is 44.2 Å². The van der Waals surface area contributed by atoms with Gasteiger partial charge in [-0.25, -0.2) is 4.68 Å². The smallest absolute Gasteiger partial charge is 0.276 e. The number of fused-ring (bicyclic) bond motifs is 1. The van der Waals surface area contributed by atoms with Crippen LogP contribution in [0, 0.1) is 0 Å². The molecule has 1 aromatic heterocycles. The van der Waals surface area contributed by atoms with Gasteiger partial charge < -0.3 is 10.2 Å². The van der Waals surface area contributed by atoms with Crippen LogP contribution in [0.2, 0.25) is 0 Å². The molecule has 0 saturated carbocycles. The molecule has 0 saturated heterocycles. The maximum atomic E-state index is 12.9. The highest BCUT2D eigenvalue weighted by molar-refractivity contribution is 6.11. The molecule has 3 aromatic rings. The Labute approximate surface area is 164 Å². The molecule has 28 heavy (non-hydrogen) atoms. The van der Waals surface area contributed by atoms with Crippen molar-refractivity contribution in [3.05, 3.63) is 64.6 Å². The van der Waals surface area contributed by atoms with E-state index in [1.54, 1.807) is 24.3 Å². The number of hydrogen-bond donors (Lipinski definition) is 1. The molecular weight excluding hydrogens is 352 g/mol. The summed E-state index contributed by atoms with van der Waals surface area (Å²) >= 11 is 0. The van der Waals surface area contributed by atoms with Crippen LogP contribution in [-0.4, -0.2) is 28.8 Å². The van der Waals surface area contributed by atoms with Gasteiger partial charge in [0.15, 0.2) is 5.69 Å². The van der Waals surface area contributed by atoms with E-state index >= 15 is 0 Å². The topological polar surface area (TPSA) is 67.2 Å². The first kappa shape index (κ1) is 19.6. The van der Waals surface area contributed by atoms with Crippen molar-refractivity contribution < 1.29 is 4.79 Å². The predicted molar refractivity (Wildman–Crippen MR) is 114 cm³/mol. The molecule has 0 spiro atoms. The molecule has 0 fully saturated rings. The minimum absolute atomic E-state index is 0.142. The summed E-state index contributed by atoms with van der Waals surface area (Å²) in [4.78, 5) is 27.8. The standard InChI is InChI=1S/C22H26N4O2/c1-5-25(6-2)17-13-11-16(12-14-17)23-21(27)20-18-9-7-8-10-19(18)22(28)26(24-20)15(3)4/h7-15H,5-6H2,1-4H3,(H,23,27). The second-order valence-corrected chi connectivity index (χ2v) is 6.91. The molecule has 0 atom stereocenters. The highest BCUT2D eigenvalue weighted by Gasteiger charge is 2.18. The van der Waals surface area contributed by atoms with Crippen LogP contribution in [0.4, 0.5) is 11.4 Å². The fourth-order valence-corrected chi connectivity index (χ4v) is 3.26. The van der Waals surface area contributed by atoms with E-state index in [4.69, 9.17) is 0 Å². The molecule has 0 bridgehead atoms. The molecular formula is C22H26N4O2. The number of rotatable bonds is 6. The first-order valence-electron chi connectivity index (χ1n) is 9.64. The van der Waals surface area contributed by atoms with Crippen LogP contribution in [0.5, 0.6) is 0 Å². The third-order valence-electron chi connectivity index (χ3n) is 4.79. The number of anilines is 2. The number of hydrogen-bond acceptors (Lipinski definition) is 4. The fourth-order valence-electron chi connectivity index (χ4n) is 3.26. The zero-order valence-corrected chi connectivity index (χ0v) is 16.8. The summed E-state index contributed by atoms with van der Waals surface area (Å²) in [6, 6.07) is 14.7. The van der Waals surface area contributed by atoms with Crippen LogP contribution >= 0.6 is 0 Å². The molecule has 1 heterocycles. The molecule has 0 radical (unpaired) electrons. The Morgan fingerprint density at radius 1 is 1.04 bits per heavy atom. The van der Waals surface area contributed by atoms with Gasteiger partial charge in [0.2, 0.25) is 0 Å². The lowest BCUT2D eigenvalue weighted by molar-refractivity contribution is 0.102. The molecule has 6 nitrogen and oxygen atoms in total. The molecule has 1 N–H and O–H groups in total. The Morgan fingerprint density at radius 2 is 1.64 bits per heavy atom. The van der Waals surface area contributed by atoms with E-state index in [2.05, 4.69) is 29.2 Å². The van der Waals surface area contributed by atoms with Crippen molar-refractivity contribution >= 4 is 28.1 Å². The van der Waals surface area contributed by atoms with Crippen LogP contribution in [0.15, 0.2) is 53.3 Å². The molecule has 0 aliphatic carbocycles. The second kappa shape index (κ2) is 8.25. The lowest BCUT2D eigenvalue weighted by atomic mass is 10.1. The quantitative estimate of drug-likeness (QED) is 0.702. The molecule has 1 amide bonds. The van der Waals surface area contributed by atoms with E-state index in [-0.39, 0.29) is 23.2 Å². The lowest BCUT2D eigenvalue weighted by Crippen LogP contribution is -2.29. The summed E-state index contributed by atoms with van der Waals surface area (Å²) in [6.07, 6.45) is 0. The Balaban J connectivity index is 1.96. The Morgan fingerprint density at radius 3 is 2.21 bits per heavy atom. The van der Waals surface area contributed by atoms with E-state index in [0.29, 0.717) is 16.5 Å². The highest BCUT2D eigenvalue weighted by Crippen LogP contribution is 2.20. The number of carbonyl (C=O) groups excluding carboxylic acids is 1. The normalized spacial score (nSPS) is 11.0. The van der Waals surface area contributed by atoms with Crippen molar-refractivity contribution in [2.45, 2.75) is 33.7 Å². The summed E-state index contributed by atoms with van der Waals surface area (Å²) in [5.74, 6) is -0.332. The molecule has 3 rings (SSSR count). The Hall–Kier alpha value is -3.15. The van der Waals surface area contributed by atoms with Gasteiger partial charge in [-0.2, -0.15) is 5.10 Å². The minimum atomic E-state index is -0.332. The predicted octanol–water partition coefficient (Wildman–Crippen LogP) is 4.08. The van der Waals surface area contributed by atoms with Crippen LogP contribution < -0.4 is 15.8 Å². The van der Waals surface area contributed by atoms with E-state index in [0.717, 1.165) is 18.8 Å². The zero-order valence-electron chi connectivity index (χ0n) is 16.8. The maximum Gasteiger partial charge on any atom is 0.276 e. The molecule has 146 valence electrons. The SMILES string of the molecule is CCN(CC)c1ccc(NC(=O)c2nn(C(C)C)c(=O)c3ccccc23)cc1. The van der Waals surface area contributed by atoms with Gasteiger partial charge in [0, 0.05) is 29.9 Å². The summed E-state index contributed by atoms with van der Waals surface area (Å²) < 4.78 is 1.36. The lowest BCUT2D eigenvalue weighted by Gasteiger charge is -2.21. The van der Waals surface area contributed by atoms with Crippen molar-refractivity contribution in [2.75, 3.05) is 23.3 Å². The van der Waals surface area contributed by atoms with Crippen LogP contribution in [0.25, 0.3) is 10.8 Å².